The van der Waals surface area contributed by atoms with E-state index in [0.717, 1.165) is 12.1 Å². The van der Waals surface area contributed by atoms with Crippen LogP contribution in [0.5, 0.6) is 0 Å². The van der Waals surface area contributed by atoms with Crippen LogP contribution < -0.4 is 0 Å². The van der Waals surface area contributed by atoms with E-state index in [4.69, 9.17) is 16.7 Å². The standard InChI is InChI=1S/C9H9ClF2O2/c10-6-4-7(11)5(3-8(6)12)9(14)1-2-13/h3-4,9,13-14H,1-2H2. The summed E-state index contributed by atoms with van der Waals surface area (Å²) in [7, 11) is 0. The van der Waals surface area contributed by atoms with Crippen molar-refractivity contribution in [3.63, 3.8) is 0 Å². The van der Waals surface area contributed by atoms with Crippen LogP contribution in [0.25, 0.3) is 0 Å². The topological polar surface area (TPSA) is 40.5 Å². The highest BCUT2D eigenvalue weighted by Crippen LogP contribution is 2.25. The van der Waals surface area contributed by atoms with Gasteiger partial charge in [-0.05, 0) is 12.1 Å². The van der Waals surface area contributed by atoms with E-state index < -0.39 is 17.7 Å². The van der Waals surface area contributed by atoms with E-state index in [0.29, 0.717) is 0 Å². The van der Waals surface area contributed by atoms with Gasteiger partial charge in [-0.25, -0.2) is 8.78 Å². The van der Waals surface area contributed by atoms with Crippen molar-refractivity contribution >= 4 is 11.6 Å². The van der Waals surface area contributed by atoms with E-state index in [2.05, 4.69) is 0 Å². The predicted molar refractivity (Wildman–Crippen MR) is 48.0 cm³/mol. The maximum atomic E-state index is 13.1. The molecule has 0 saturated carbocycles. The molecule has 1 aromatic rings. The van der Waals surface area contributed by atoms with Gasteiger partial charge in [0, 0.05) is 18.6 Å². The van der Waals surface area contributed by atoms with Gasteiger partial charge in [-0.15, -0.1) is 0 Å². The quantitative estimate of drug-likeness (QED) is 0.769. The Morgan fingerprint density at radius 1 is 1.29 bits per heavy atom. The Morgan fingerprint density at radius 2 is 1.93 bits per heavy atom. The van der Waals surface area contributed by atoms with Gasteiger partial charge in [0.15, 0.2) is 0 Å². The number of aliphatic hydroxyl groups excluding tert-OH is 2. The van der Waals surface area contributed by atoms with Gasteiger partial charge in [-0.2, -0.15) is 0 Å². The van der Waals surface area contributed by atoms with Crippen molar-refractivity contribution in [3.8, 4) is 0 Å². The predicted octanol–water partition coefficient (Wildman–Crippen LogP) is 2.03. The zero-order valence-corrected chi connectivity index (χ0v) is 7.93. The van der Waals surface area contributed by atoms with Crippen molar-refractivity contribution in [1.82, 2.24) is 0 Å². The zero-order chi connectivity index (χ0) is 10.7. The van der Waals surface area contributed by atoms with E-state index in [1.807, 2.05) is 0 Å². The molecule has 0 aliphatic rings. The highest BCUT2D eigenvalue weighted by Gasteiger charge is 2.15. The molecule has 1 atom stereocenters. The average Bonchev–Trinajstić information content (AvgIpc) is 2.11. The van der Waals surface area contributed by atoms with Crippen molar-refractivity contribution in [2.75, 3.05) is 6.61 Å². The second-order valence-electron chi connectivity index (χ2n) is 2.82. The minimum atomic E-state index is -1.22. The molecule has 0 amide bonds. The van der Waals surface area contributed by atoms with Crippen molar-refractivity contribution < 1.29 is 19.0 Å². The molecule has 0 radical (unpaired) electrons. The molecule has 0 fully saturated rings. The minimum absolute atomic E-state index is 0.0437. The highest BCUT2D eigenvalue weighted by atomic mass is 35.5. The van der Waals surface area contributed by atoms with Crippen LogP contribution in [0.2, 0.25) is 5.02 Å². The summed E-state index contributed by atoms with van der Waals surface area (Å²) in [6, 6.07) is 1.63. The first-order valence-corrected chi connectivity index (χ1v) is 4.37. The molecule has 0 spiro atoms. The molecule has 1 rings (SSSR count). The first-order chi connectivity index (χ1) is 6.56. The van der Waals surface area contributed by atoms with Crippen LogP contribution in [0.3, 0.4) is 0 Å². The molecule has 0 bridgehead atoms. The van der Waals surface area contributed by atoms with Crippen molar-refractivity contribution in [2.45, 2.75) is 12.5 Å². The Kier molecular flexibility index (Phi) is 3.80. The molecule has 2 N–H and O–H groups in total. The van der Waals surface area contributed by atoms with Crippen LogP contribution in [-0.2, 0) is 0 Å². The third-order valence-corrected chi connectivity index (χ3v) is 2.09. The molecule has 1 aromatic carbocycles. The maximum absolute atomic E-state index is 13.1. The number of aliphatic hydroxyl groups is 2. The van der Waals surface area contributed by atoms with Crippen LogP contribution in [0, 0.1) is 11.6 Å². The summed E-state index contributed by atoms with van der Waals surface area (Å²) in [5.74, 6) is -1.57. The Bertz CT molecular complexity index is 331. The largest absolute Gasteiger partial charge is 0.396 e. The van der Waals surface area contributed by atoms with Gasteiger partial charge in [-0.1, -0.05) is 11.6 Å². The van der Waals surface area contributed by atoms with Crippen LogP contribution in [-0.4, -0.2) is 16.8 Å². The zero-order valence-electron chi connectivity index (χ0n) is 7.17. The van der Waals surface area contributed by atoms with E-state index >= 15 is 0 Å². The summed E-state index contributed by atoms with van der Waals surface area (Å²) >= 11 is 5.32. The van der Waals surface area contributed by atoms with Gasteiger partial charge < -0.3 is 10.2 Å². The second-order valence-corrected chi connectivity index (χ2v) is 3.22. The van der Waals surface area contributed by atoms with Crippen LogP contribution >= 0.6 is 11.6 Å². The Morgan fingerprint density at radius 3 is 2.50 bits per heavy atom. The maximum Gasteiger partial charge on any atom is 0.142 e. The Labute approximate surface area is 84.7 Å². The lowest BCUT2D eigenvalue weighted by Gasteiger charge is -2.10. The number of benzene rings is 1. The highest BCUT2D eigenvalue weighted by molar-refractivity contribution is 6.30. The molecule has 78 valence electrons. The fourth-order valence-corrected chi connectivity index (χ4v) is 1.22. The van der Waals surface area contributed by atoms with Gasteiger partial charge in [0.1, 0.15) is 11.6 Å². The summed E-state index contributed by atoms with van der Waals surface area (Å²) < 4.78 is 26.0. The Balaban J connectivity index is 3.02. The van der Waals surface area contributed by atoms with Gasteiger partial charge in [0.25, 0.3) is 0 Å². The molecule has 0 heterocycles. The van der Waals surface area contributed by atoms with Crippen molar-refractivity contribution in [3.05, 3.63) is 34.4 Å². The summed E-state index contributed by atoms with van der Waals surface area (Å²) in [4.78, 5) is 0. The molecule has 0 aliphatic carbocycles. The van der Waals surface area contributed by atoms with E-state index in [-0.39, 0.29) is 23.6 Å². The van der Waals surface area contributed by atoms with Crippen molar-refractivity contribution in [1.29, 1.82) is 0 Å². The number of hydrogen-bond donors (Lipinski definition) is 2. The number of hydrogen-bond acceptors (Lipinski definition) is 2. The fourth-order valence-electron chi connectivity index (χ4n) is 1.07. The van der Waals surface area contributed by atoms with Crippen LogP contribution in [0.1, 0.15) is 18.1 Å². The molecule has 14 heavy (non-hydrogen) atoms. The first kappa shape index (κ1) is 11.4. The lowest BCUT2D eigenvalue weighted by molar-refractivity contribution is 0.130. The molecule has 2 nitrogen and oxygen atoms in total. The lowest BCUT2D eigenvalue weighted by Crippen LogP contribution is -2.03. The third-order valence-electron chi connectivity index (χ3n) is 1.80. The van der Waals surface area contributed by atoms with E-state index in [9.17, 15) is 13.9 Å². The SMILES string of the molecule is OCCC(O)c1cc(F)c(Cl)cc1F. The molecular formula is C9H9ClF2O2. The van der Waals surface area contributed by atoms with E-state index in [1.54, 1.807) is 0 Å². The van der Waals surface area contributed by atoms with Gasteiger partial charge >= 0.3 is 0 Å². The molecule has 0 aromatic heterocycles. The molecular weight excluding hydrogens is 214 g/mol. The number of halogens is 3. The second kappa shape index (κ2) is 4.68. The first-order valence-electron chi connectivity index (χ1n) is 3.99. The van der Waals surface area contributed by atoms with Crippen molar-refractivity contribution in [2.24, 2.45) is 0 Å². The van der Waals surface area contributed by atoms with Crippen LogP contribution in [0.15, 0.2) is 12.1 Å². The summed E-state index contributed by atoms with van der Waals surface area (Å²) in [6.45, 7) is -0.301. The average molecular weight is 223 g/mol. The fraction of sp³-hybridized carbons (Fsp3) is 0.333. The van der Waals surface area contributed by atoms with Gasteiger partial charge in [-0.3, -0.25) is 0 Å². The third kappa shape index (κ3) is 2.41. The smallest absolute Gasteiger partial charge is 0.142 e. The molecule has 0 saturated heterocycles. The Hall–Kier alpha value is -0.710. The summed E-state index contributed by atoms with van der Waals surface area (Å²) in [5, 5.41) is 17.5. The summed E-state index contributed by atoms with van der Waals surface area (Å²) in [5.41, 5.74) is -0.194. The number of rotatable bonds is 3. The molecule has 1 unspecified atom stereocenters. The molecule has 0 aliphatic heterocycles. The summed E-state index contributed by atoms with van der Waals surface area (Å²) in [6.07, 6.45) is -1.26. The van der Waals surface area contributed by atoms with Crippen LogP contribution in [0.4, 0.5) is 8.78 Å². The lowest BCUT2D eigenvalue weighted by atomic mass is 10.1. The normalized spacial score (nSPS) is 12.9. The van der Waals surface area contributed by atoms with E-state index in [1.165, 1.54) is 0 Å². The van der Waals surface area contributed by atoms with Gasteiger partial charge in [0.2, 0.25) is 0 Å². The minimum Gasteiger partial charge on any atom is -0.396 e. The van der Waals surface area contributed by atoms with Gasteiger partial charge in [0.05, 0.1) is 11.1 Å². The monoisotopic (exact) mass is 222 g/mol. The molecule has 5 heteroatoms.